The molecule has 4 heteroatoms. The van der Waals surface area contributed by atoms with Crippen molar-refractivity contribution >= 4 is 11.8 Å². The molecule has 0 bridgehead atoms. The van der Waals surface area contributed by atoms with Gasteiger partial charge in [-0.05, 0) is 24.7 Å². The lowest BCUT2D eigenvalue weighted by molar-refractivity contribution is -0.135. The normalized spacial score (nSPS) is 27.1. The van der Waals surface area contributed by atoms with Crippen molar-refractivity contribution in [2.45, 2.75) is 71.3 Å². The van der Waals surface area contributed by atoms with Gasteiger partial charge >= 0.3 is 0 Å². The molecule has 0 aromatic heterocycles. The number of nitrogens with one attached hydrogen (secondary N) is 1. The molecule has 1 aliphatic carbocycles. The van der Waals surface area contributed by atoms with Gasteiger partial charge in [0, 0.05) is 19.5 Å². The van der Waals surface area contributed by atoms with Crippen LogP contribution in [-0.2, 0) is 9.59 Å². The highest BCUT2D eigenvalue weighted by Crippen LogP contribution is 2.36. The van der Waals surface area contributed by atoms with E-state index in [1.54, 1.807) is 0 Å². The van der Waals surface area contributed by atoms with Crippen LogP contribution in [0, 0.1) is 5.41 Å². The Morgan fingerprint density at radius 2 is 1.95 bits per heavy atom. The molecular formula is C16H28N2O2. The summed E-state index contributed by atoms with van der Waals surface area (Å²) in [5.41, 5.74) is 0.248. The first-order chi connectivity index (χ1) is 9.54. The number of carbonyl (C=O) groups is 2. The zero-order valence-electron chi connectivity index (χ0n) is 12.9. The van der Waals surface area contributed by atoms with E-state index in [-0.39, 0.29) is 23.3 Å². The predicted octanol–water partition coefficient (Wildman–Crippen LogP) is 2.47. The van der Waals surface area contributed by atoms with E-state index >= 15 is 0 Å². The van der Waals surface area contributed by atoms with E-state index < -0.39 is 0 Å². The van der Waals surface area contributed by atoms with Crippen LogP contribution in [0.25, 0.3) is 0 Å². The standard InChI is InChI=1S/C16H28N2O2/c1-3-7-13-15(20)18(11-8-14(19)17-13)12-16(2)9-5-4-6-10-16/h13H,3-12H2,1-2H3,(H,17,19). The second kappa shape index (κ2) is 6.59. The van der Waals surface area contributed by atoms with Crippen LogP contribution >= 0.6 is 0 Å². The minimum Gasteiger partial charge on any atom is -0.344 e. The van der Waals surface area contributed by atoms with Gasteiger partial charge in [-0.1, -0.05) is 39.5 Å². The van der Waals surface area contributed by atoms with Crippen molar-refractivity contribution in [2.24, 2.45) is 5.41 Å². The van der Waals surface area contributed by atoms with Crippen molar-refractivity contribution in [3.63, 3.8) is 0 Å². The minimum absolute atomic E-state index is 0.0214. The van der Waals surface area contributed by atoms with E-state index in [9.17, 15) is 9.59 Å². The summed E-state index contributed by atoms with van der Waals surface area (Å²) in [6, 6.07) is -0.304. The maximum absolute atomic E-state index is 12.6. The van der Waals surface area contributed by atoms with E-state index in [0.717, 1.165) is 19.4 Å². The van der Waals surface area contributed by atoms with Crippen molar-refractivity contribution in [1.82, 2.24) is 10.2 Å². The molecule has 1 saturated heterocycles. The fraction of sp³-hybridized carbons (Fsp3) is 0.875. The van der Waals surface area contributed by atoms with Crippen LogP contribution in [0.3, 0.4) is 0 Å². The summed E-state index contributed by atoms with van der Waals surface area (Å²) in [5.74, 6) is 0.151. The fourth-order valence-corrected chi connectivity index (χ4v) is 3.56. The van der Waals surface area contributed by atoms with Crippen molar-refractivity contribution in [1.29, 1.82) is 0 Å². The summed E-state index contributed by atoms with van der Waals surface area (Å²) < 4.78 is 0. The van der Waals surface area contributed by atoms with Gasteiger partial charge in [0.15, 0.2) is 0 Å². The zero-order chi connectivity index (χ0) is 14.6. The molecule has 0 radical (unpaired) electrons. The van der Waals surface area contributed by atoms with Gasteiger partial charge in [-0.25, -0.2) is 0 Å². The number of rotatable bonds is 4. The molecule has 1 heterocycles. The first kappa shape index (κ1) is 15.3. The maximum Gasteiger partial charge on any atom is 0.245 e. The molecule has 2 aliphatic rings. The predicted molar refractivity (Wildman–Crippen MR) is 79.2 cm³/mol. The first-order valence-electron chi connectivity index (χ1n) is 8.12. The number of nitrogens with zero attached hydrogens (tertiary/aromatic N) is 1. The quantitative estimate of drug-likeness (QED) is 0.860. The lowest BCUT2D eigenvalue weighted by Gasteiger charge is -2.38. The molecule has 4 nitrogen and oxygen atoms in total. The molecule has 1 unspecified atom stereocenters. The summed E-state index contributed by atoms with van der Waals surface area (Å²) in [6.45, 7) is 5.76. The Balaban J connectivity index is 2.04. The van der Waals surface area contributed by atoms with Gasteiger partial charge in [0.05, 0.1) is 0 Å². The summed E-state index contributed by atoms with van der Waals surface area (Å²) in [4.78, 5) is 26.3. The molecule has 0 aromatic carbocycles. The Kier molecular flexibility index (Phi) is 5.06. The molecule has 1 aliphatic heterocycles. The van der Waals surface area contributed by atoms with Crippen LogP contribution in [0.15, 0.2) is 0 Å². The van der Waals surface area contributed by atoms with Crippen molar-refractivity contribution < 1.29 is 9.59 Å². The van der Waals surface area contributed by atoms with Crippen molar-refractivity contribution in [2.75, 3.05) is 13.1 Å². The van der Waals surface area contributed by atoms with Crippen LogP contribution < -0.4 is 5.32 Å². The van der Waals surface area contributed by atoms with Crippen molar-refractivity contribution in [3.8, 4) is 0 Å². The Morgan fingerprint density at radius 1 is 1.25 bits per heavy atom. The molecule has 0 aromatic rings. The monoisotopic (exact) mass is 280 g/mol. The summed E-state index contributed by atoms with van der Waals surface area (Å²) in [5, 5.41) is 2.88. The fourth-order valence-electron chi connectivity index (χ4n) is 3.56. The second-order valence-corrected chi connectivity index (χ2v) is 6.79. The number of hydrogen-bond donors (Lipinski definition) is 1. The highest BCUT2D eigenvalue weighted by Gasteiger charge is 2.35. The Morgan fingerprint density at radius 3 is 2.60 bits per heavy atom. The number of carbonyl (C=O) groups excluding carboxylic acids is 2. The van der Waals surface area contributed by atoms with Gasteiger partial charge < -0.3 is 10.2 Å². The van der Waals surface area contributed by atoms with Crippen molar-refractivity contribution in [3.05, 3.63) is 0 Å². The van der Waals surface area contributed by atoms with Crippen LogP contribution in [-0.4, -0.2) is 35.8 Å². The average molecular weight is 280 g/mol. The van der Waals surface area contributed by atoms with Gasteiger partial charge in [0.1, 0.15) is 6.04 Å². The second-order valence-electron chi connectivity index (χ2n) is 6.79. The molecule has 1 atom stereocenters. The zero-order valence-corrected chi connectivity index (χ0v) is 12.9. The molecule has 0 spiro atoms. The van der Waals surface area contributed by atoms with Crippen LogP contribution in [0.4, 0.5) is 0 Å². The van der Waals surface area contributed by atoms with Crippen LogP contribution in [0.1, 0.15) is 65.2 Å². The summed E-state index contributed by atoms with van der Waals surface area (Å²) in [6.07, 6.45) is 8.39. The van der Waals surface area contributed by atoms with Gasteiger partial charge in [-0.3, -0.25) is 9.59 Å². The third kappa shape index (κ3) is 3.74. The molecule has 2 rings (SSSR count). The Labute approximate surface area is 122 Å². The molecule has 2 fully saturated rings. The molecule has 114 valence electrons. The highest BCUT2D eigenvalue weighted by molar-refractivity contribution is 5.89. The van der Waals surface area contributed by atoms with Crippen LogP contribution in [0.2, 0.25) is 0 Å². The van der Waals surface area contributed by atoms with Gasteiger partial charge in [0.2, 0.25) is 11.8 Å². The van der Waals surface area contributed by atoms with Gasteiger partial charge in [0.25, 0.3) is 0 Å². The van der Waals surface area contributed by atoms with Gasteiger partial charge in [-0.2, -0.15) is 0 Å². The molecule has 2 amide bonds. The molecule has 20 heavy (non-hydrogen) atoms. The minimum atomic E-state index is -0.304. The summed E-state index contributed by atoms with van der Waals surface area (Å²) >= 11 is 0. The van der Waals surface area contributed by atoms with E-state index in [4.69, 9.17) is 0 Å². The largest absolute Gasteiger partial charge is 0.344 e. The Bertz CT molecular complexity index is 361. The number of amides is 2. The molecule has 1 N–H and O–H groups in total. The lowest BCUT2D eigenvalue weighted by atomic mass is 9.75. The average Bonchev–Trinajstić information content (AvgIpc) is 2.54. The van der Waals surface area contributed by atoms with E-state index in [2.05, 4.69) is 19.2 Å². The first-order valence-corrected chi connectivity index (χ1v) is 8.12. The topological polar surface area (TPSA) is 49.4 Å². The summed E-state index contributed by atoms with van der Waals surface area (Å²) in [7, 11) is 0. The Hall–Kier alpha value is -1.06. The maximum atomic E-state index is 12.6. The van der Waals surface area contributed by atoms with Crippen LogP contribution in [0.5, 0.6) is 0 Å². The third-order valence-corrected chi connectivity index (χ3v) is 4.76. The highest BCUT2D eigenvalue weighted by atomic mass is 16.2. The van der Waals surface area contributed by atoms with E-state index in [1.165, 1.54) is 32.1 Å². The van der Waals surface area contributed by atoms with Gasteiger partial charge in [-0.15, -0.1) is 0 Å². The number of hydrogen-bond acceptors (Lipinski definition) is 2. The smallest absolute Gasteiger partial charge is 0.245 e. The molecular weight excluding hydrogens is 252 g/mol. The van der Waals surface area contributed by atoms with E-state index in [0.29, 0.717) is 13.0 Å². The molecule has 1 saturated carbocycles. The SMILES string of the molecule is CCCC1NC(=O)CCN(CC2(C)CCCCC2)C1=O. The van der Waals surface area contributed by atoms with E-state index in [1.807, 2.05) is 4.90 Å². The third-order valence-electron chi connectivity index (χ3n) is 4.76. The lowest BCUT2D eigenvalue weighted by Crippen LogP contribution is -2.48.